The second-order valence-corrected chi connectivity index (χ2v) is 1.95. The molecule has 0 bridgehead atoms. The van der Waals surface area contributed by atoms with E-state index in [0.717, 1.165) is 0 Å². The summed E-state index contributed by atoms with van der Waals surface area (Å²) in [5.74, 6) is 0. The maximum absolute atomic E-state index is 10.8. The van der Waals surface area contributed by atoms with Gasteiger partial charge in [-0.15, -0.1) is 0 Å². The Morgan fingerprint density at radius 1 is 1.82 bits per heavy atom. The molecule has 1 rings (SSSR count). The number of nitrogens with two attached hydrogens (primary N) is 1. The molecule has 0 aliphatic carbocycles. The van der Waals surface area contributed by atoms with Crippen LogP contribution in [0, 0.1) is 0 Å². The number of nitrogens with zero attached hydrogens (tertiary/aromatic N) is 1. The van der Waals surface area contributed by atoms with E-state index in [2.05, 4.69) is 5.73 Å². The van der Waals surface area contributed by atoms with Gasteiger partial charge in [0.2, 0.25) is 0 Å². The zero-order chi connectivity index (χ0) is 9.46. The highest BCUT2D eigenvalue weighted by Crippen LogP contribution is 2.07. The molecular weight excluding hydrogens is 154 g/mol. The lowest BCUT2D eigenvalue weighted by Gasteiger charge is -2.13. The predicted molar refractivity (Wildman–Crippen MR) is 32.0 cm³/mol. The molecule has 0 aromatic heterocycles. The fraction of sp³-hybridized carbons (Fsp3) is 0.500. The summed E-state index contributed by atoms with van der Waals surface area (Å²) in [6.45, 7) is 0. The van der Waals surface area contributed by atoms with E-state index in [9.17, 15) is 9.59 Å². The maximum Gasteiger partial charge on any atom is 0.330 e. The SMILES string of the molecule is [2H]N1C(=O)N(C(N)=O)C(O)C1O. The van der Waals surface area contributed by atoms with Crippen molar-refractivity contribution in [3.8, 4) is 0 Å². The number of carbonyl (C=O) groups excluding carboxylic acids is 2. The molecule has 0 aromatic carbocycles. The van der Waals surface area contributed by atoms with E-state index in [1.807, 2.05) is 0 Å². The fourth-order valence-electron chi connectivity index (χ4n) is 0.713. The van der Waals surface area contributed by atoms with Crippen LogP contribution in [0.2, 0.25) is 1.41 Å². The summed E-state index contributed by atoms with van der Waals surface area (Å²) in [5.41, 5.74) is 4.69. The van der Waals surface area contributed by atoms with Gasteiger partial charge in [-0.3, -0.25) is 0 Å². The molecule has 1 fully saturated rings. The van der Waals surface area contributed by atoms with Crippen molar-refractivity contribution in [2.24, 2.45) is 5.73 Å². The van der Waals surface area contributed by atoms with Gasteiger partial charge in [0.15, 0.2) is 13.9 Å². The van der Waals surface area contributed by atoms with Crippen LogP contribution in [0.25, 0.3) is 0 Å². The first-order chi connectivity index (χ1) is 5.46. The predicted octanol–water partition coefficient (Wildman–Crippen LogP) is -2.27. The molecule has 2 atom stereocenters. The number of carbonyl (C=O) groups is 2. The average Bonchev–Trinajstić information content (AvgIpc) is 2.16. The molecule has 0 radical (unpaired) electrons. The van der Waals surface area contributed by atoms with Gasteiger partial charge in [-0.1, -0.05) is 0 Å². The first-order valence-electron chi connectivity index (χ1n) is 3.18. The average molecular weight is 162 g/mol. The minimum Gasteiger partial charge on any atom is -0.369 e. The number of amides is 4. The van der Waals surface area contributed by atoms with Gasteiger partial charge in [0, 0.05) is 0 Å². The second kappa shape index (κ2) is 2.36. The Morgan fingerprint density at radius 3 is 2.55 bits per heavy atom. The number of hydrogen-bond donors (Lipinski definition) is 4. The lowest BCUT2D eigenvalue weighted by Crippen LogP contribution is -2.44. The molecule has 1 aliphatic rings. The van der Waals surface area contributed by atoms with Gasteiger partial charge in [0.05, 0.1) is 0 Å². The Balaban J connectivity index is 2.91. The van der Waals surface area contributed by atoms with Crippen molar-refractivity contribution < 1.29 is 21.2 Å². The van der Waals surface area contributed by atoms with E-state index in [1.54, 1.807) is 0 Å². The standard InChI is InChI=1S/C4H7N3O4/c5-3(10)7-2(9)1(8)6-4(7)11/h1-2,8-9H,(H2,5,10)(H,6,11)/i/hD. The molecule has 1 aliphatic heterocycles. The number of aliphatic hydroxyl groups is 2. The van der Waals surface area contributed by atoms with Gasteiger partial charge in [-0.2, -0.15) is 0 Å². The van der Waals surface area contributed by atoms with Gasteiger partial charge >= 0.3 is 12.1 Å². The molecule has 62 valence electrons. The maximum atomic E-state index is 10.8. The first kappa shape index (κ1) is 6.38. The Hall–Kier alpha value is -1.34. The van der Waals surface area contributed by atoms with Crippen LogP contribution in [-0.2, 0) is 0 Å². The normalized spacial score (nSPS) is 32.5. The van der Waals surface area contributed by atoms with Crippen LogP contribution in [0.15, 0.2) is 0 Å². The zero-order valence-corrected chi connectivity index (χ0v) is 5.34. The summed E-state index contributed by atoms with van der Waals surface area (Å²) < 4.78 is 6.82. The summed E-state index contributed by atoms with van der Waals surface area (Å²) >= 11 is 0. The highest BCUT2D eigenvalue weighted by Gasteiger charge is 2.40. The summed E-state index contributed by atoms with van der Waals surface area (Å²) in [6, 6.07) is -2.36. The Morgan fingerprint density at radius 2 is 2.36 bits per heavy atom. The van der Waals surface area contributed by atoms with Crippen molar-refractivity contribution in [1.82, 2.24) is 10.2 Å². The number of imide groups is 1. The Kier molecular flexibility index (Phi) is 1.37. The van der Waals surface area contributed by atoms with Crippen LogP contribution >= 0.6 is 0 Å². The van der Waals surface area contributed by atoms with Crippen molar-refractivity contribution in [3.63, 3.8) is 0 Å². The number of urea groups is 2. The van der Waals surface area contributed by atoms with Crippen molar-refractivity contribution in [1.29, 1.82) is 0 Å². The van der Waals surface area contributed by atoms with Crippen molar-refractivity contribution in [2.75, 3.05) is 0 Å². The zero-order valence-electron chi connectivity index (χ0n) is 6.34. The summed E-state index contributed by atoms with van der Waals surface area (Å²) in [6.07, 6.45) is -3.52. The molecule has 5 N–H and O–H groups in total. The quantitative estimate of drug-likeness (QED) is 0.321. The number of nitrogens with one attached hydrogen (secondary N) is 1. The van der Waals surface area contributed by atoms with Crippen LogP contribution < -0.4 is 11.0 Å². The lowest BCUT2D eigenvalue weighted by molar-refractivity contribution is -0.0185. The molecule has 1 heterocycles. The van der Waals surface area contributed by atoms with Gasteiger partial charge in [0.25, 0.3) is 0 Å². The third-order valence-electron chi connectivity index (χ3n) is 1.22. The third-order valence-corrected chi connectivity index (χ3v) is 1.22. The largest absolute Gasteiger partial charge is 0.369 e. The molecule has 0 saturated carbocycles. The van der Waals surface area contributed by atoms with E-state index in [1.165, 1.54) is 0 Å². The van der Waals surface area contributed by atoms with E-state index in [-0.39, 0.29) is 10.2 Å². The number of aliphatic hydroxyl groups excluding tert-OH is 2. The summed E-state index contributed by atoms with van der Waals surface area (Å²) in [4.78, 5) is 21.5. The van der Waals surface area contributed by atoms with Gasteiger partial charge in [-0.25, -0.2) is 14.5 Å². The number of hydrogen-bond acceptors (Lipinski definition) is 4. The van der Waals surface area contributed by atoms with Gasteiger partial charge < -0.3 is 21.3 Å². The molecule has 0 spiro atoms. The van der Waals surface area contributed by atoms with Crippen LogP contribution in [0.1, 0.15) is 0 Å². The molecule has 11 heavy (non-hydrogen) atoms. The Labute approximate surface area is 62.9 Å². The fourth-order valence-corrected chi connectivity index (χ4v) is 0.713. The minimum absolute atomic E-state index is 0.0649. The van der Waals surface area contributed by atoms with Crippen molar-refractivity contribution in [3.05, 3.63) is 0 Å². The van der Waals surface area contributed by atoms with Crippen LogP contribution in [0.4, 0.5) is 9.59 Å². The van der Waals surface area contributed by atoms with Crippen LogP contribution in [-0.4, -0.2) is 39.6 Å². The van der Waals surface area contributed by atoms with E-state index >= 15 is 0 Å². The molecule has 7 nitrogen and oxygen atoms in total. The molecule has 0 aromatic rings. The molecular formula is C4H7N3O4. The van der Waals surface area contributed by atoms with E-state index < -0.39 is 24.5 Å². The number of primary amides is 1. The van der Waals surface area contributed by atoms with Crippen LogP contribution in [0.3, 0.4) is 0 Å². The van der Waals surface area contributed by atoms with Crippen molar-refractivity contribution >= 4 is 12.1 Å². The Bertz CT molecular complexity index is 234. The minimum atomic E-state index is -1.77. The first-order valence-corrected chi connectivity index (χ1v) is 2.73. The van der Waals surface area contributed by atoms with Crippen molar-refractivity contribution in [2.45, 2.75) is 12.5 Å². The molecule has 2 unspecified atom stereocenters. The van der Waals surface area contributed by atoms with Gasteiger partial charge in [-0.05, 0) is 0 Å². The van der Waals surface area contributed by atoms with Crippen LogP contribution in [0.5, 0.6) is 0 Å². The summed E-state index contributed by atoms with van der Waals surface area (Å²) in [5, 5.41) is 17.9. The summed E-state index contributed by atoms with van der Waals surface area (Å²) in [7, 11) is 0. The topological polar surface area (TPSA) is 116 Å². The number of rotatable bonds is 0. The smallest absolute Gasteiger partial charge is 0.330 e. The second-order valence-electron chi connectivity index (χ2n) is 1.95. The molecule has 4 amide bonds. The molecule has 7 heteroatoms. The van der Waals surface area contributed by atoms with E-state index in [4.69, 9.17) is 11.6 Å². The third kappa shape index (κ3) is 1.10. The van der Waals surface area contributed by atoms with Gasteiger partial charge in [0.1, 0.15) is 0 Å². The highest BCUT2D eigenvalue weighted by molar-refractivity contribution is 5.94. The monoisotopic (exact) mass is 162 g/mol. The molecule has 1 saturated heterocycles. The highest BCUT2D eigenvalue weighted by atomic mass is 16.4. The lowest BCUT2D eigenvalue weighted by atomic mass is 10.5. The van der Waals surface area contributed by atoms with E-state index in [0.29, 0.717) is 0 Å².